The van der Waals surface area contributed by atoms with Crippen molar-refractivity contribution in [3.05, 3.63) is 35.4 Å². The molecule has 0 bridgehead atoms. The van der Waals surface area contributed by atoms with E-state index in [1.807, 2.05) is 31.2 Å². The van der Waals surface area contributed by atoms with Crippen LogP contribution in [0.25, 0.3) is 0 Å². The molecule has 0 aliphatic rings. The van der Waals surface area contributed by atoms with E-state index in [0.29, 0.717) is 6.42 Å². The molecule has 0 saturated heterocycles. The number of hydrogen-bond donors (Lipinski definition) is 0. The van der Waals surface area contributed by atoms with Crippen molar-refractivity contribution in [2.75, 3.05) is 13.7 Å². The van der Waals surface area contributed by atoms with E-state index in [4.69, 9.17) is 4.74 Å². The zero-order valence-electron chi connectivity index (χ0n) is 11.6. The van der Waals surface area contributed by atoms with Crippen LogP contribution < -0.4 is 0 Å². The van der Waals surface area contributed by atoms with Crippen LogP contribution >= 0.6 is 0 Å². The molecular formula is C15H19NO3. The fourth-order valence-electron chi connectivity index (χ4n) is 1.66. The number of nitrogens with zero attached hydrogens (tertiary/aromatic N) is 1. The Morgan fingerprint density at radius 2 is 1.95 bits per heavy atom. The van der Waals surface area contributed by atoms with E-state index in [9.17, 15) is 9.59 Å². The highest BCUT2D eigenvalue weighted by Crippen LogP contribution is 2.10. The van der Waals surface area contributed by atoms with E-state index in [1.165, 1.54) is 14.0 Å². The van der Waals surface area contributed by atoms with Gasteiger partial charge in [0.05, 0.1) is 19.6 Å². The van der Waals surface area contributed by atoms with Gasteiger partial charge in [0.1, 0.15) is 0 Å². The Morgan fingerprint density at radius 1 is 1.32 bits per heavy atom. The van der Waals surface area contributed by atoms with E-state index in [0.717, 1.165) is 11.1 Å². The molecular weight excluding hydrogens is 242 g/mol. The molecule has 0 N–H and O–H groups in total. The van der Waals surface area contributed by atoms with Gasteiger partial charge < -0.3 is 4.74 Å². The van der Waals surface area contributed by atoms with Crippen LogP contribution in [0, 0.1) is 5.92 Å². The van der Waals surface area contributed by atoms with Gasteiger partial charge in [0, 0.05) is 6.21 Å². The quantitative estimate of drug-likeness (QED) is 0.581. The summed E-state index contributed by atoms with van der Waals surface area (Å²) >= 11 is 0. The molecule has 0 fully saturated rings. The zero-order chi connectivity index (χ0) is 14.3. The third kappa shape index (κ3) is 5.46. The van der Waals surface area contributed by atoms with E-state index < -0.39 is 0 Å². The lowest BCUT2D eigenvalue weighted by Gasteiger charge is -2.08. The Kier molecular flexibility index (Phi) is 5.93. The van der Waals surface area contributed by atoms with Crippen molar-refractivity contribution in [2.24, 2.45) is 10.9 Å². The molecule has 4 heteroatoms. The molecule has 1 rings (SSSR count). The Bertz CT molecular complexity index is 463. The lowest BCUT2D eigenvalue weighted by atomic mass is 10.0. The highest BCUT2D eigenvalue weighted by molar-refractivity contribution is 5.84. The van der Waals surface area contributed by atoms with Crippen LogP contribution in [0.5, 0.6) is 0 Å². The standard InChI is InChI=1S/C15H19NO3/c1-11(15(18)19-3)8-13-4-6-14(7-5-13)10-16-9-12(2)17/h4-7,10-11H,8-9H2,1-3H3. The Labute approximate surface area is 113 Å². The van der Waals surface area contributed by atoms with Crippen molar-refractivity contribution < 1.29 is 14.3 Å². The fourth-order valence-corrected chi connectivity index (χ4v) is 1.66. The first-order valence-electron chi connectivity index (χ1n) is 6.19. The average molecular weight is 261 g/mol. The molecule has 19 heavy (non-hydrogen) atoms. The largest absolute Gasteiger partial charge is 0.469 e. The molecule has 0 aromatic heterocycles. The Balaban J connectivity index is 2.59. The van der Waals surface area contributed by atoms with Crippen molar-refractivity contribution in [1.29, 1.82) is 0 Å². The number of methoxy groups -OCH3 is 1. The maximum Gasteiger partial charge on any atom is 0.308 e. The summed E-state index contributed by atoms with van der Waals surface area (Å²) in [6, 6.07) is 7.75. The summed E-state index contributed by atoms with van der Waals surface area (Å²) in [6.45, 7) is 3.56. The molecule has 1 aromatic carbocycles. The first-order valence-corrected chi connectivity index (χ1v) is 6.19. The lowest BCUT2D eigenvalue weighted by molar-refractivity contribution is -0.144. The predicted molar refractivity (Wildman–Crippen MR) is 74.5 cm³/mol. The van der Waals surface area contributed by atoms with Gasteiger partial charge in [-0.05, 0) is 24.5 Å². The van der Waals surface area contributed by atoms with Gasteiger partial charge in [-0.2, -0.15) is 0 Å². The summed E-state index contributed by atoms with van der Waals surface area (Å²) in [4.78, 5) is 26.1. The van der Waals surface area contributed by atoms with Crippen LogP contribution in [-0.2, 0) is 20.7 Å². The second-order valence-corrected chi connectivity index (χ2v) is 4.54. The van der Waals surface area contributed by atoms with Gasteiger partial charge in [0.2, 0.25) is 0 Å². The molecule has 4 nitrogen and oxygen atoms in total. The van der Waals surface area contributed by atoms with E-state index in [1.54, 1.807) is 6.21 Å². The molecule has 0 saturated carbocycles. The summed E-state index contributed by atoms with van der Waals surface area (Å²) in [7, 11) is 1.40. The molecule has 0 aliphatic heterocycles. The lowest BCUT2D eigenvalue weighted by Crippen LogP contribution is -2.15. The van der Waals surface area contributed by atoms with Gasteiger partial charge in [-0.1, -0.05) is 31.2 Å². The Hall–Kier alpha value is -1.97. The minimum absolute atomic E-state index is 0.0415. The highest BCUT2D eigenvalue weighted by atomic mass is 16.5. The predicted octanol–water partition coefficient (Wildman–Crippen LogP) is 2.05. The fraction of sp³-hybridized carbons (Fsp3) is 0.400. The van der Waals surface area contributed by atoms with E-state index >= 15 is 0 Å². The molecule has 1 atom stereocenters. The van der Waals surface area contributed by atoms with Crippen molar-refractivity contribution in [3.8, 4) is 0 Å². The van der Waals surface area contributed by atoms with E-state index in [-0.39, 0.29) is 24.2 Å². The number of benzene rings is 1. The Morgan fingerprint density at radius 3 is 2.47 bits per heavy atom. The van der Waals surface area contributed by atoms with Crippen molar-refractivity contribution in [1.82, 2.24) is 0 Å². The minimum Gasteiger partial charge on any atom is -0.469 e. The summed E-state index contributed by atoms with van der Waals surface area (Å²) < 4.78 is 4.69. The van der Waals surface area contributed by atoms with Gasteiger partial charge in [0.15, 0.2) is 5.78 Å². The third-order valence-corrected chi connectivity index (χ3v) is 2.68. The SMILES string of the molecule is COC(=O)C(C)Cc1ccc(C=NCC(C)=O)cc1. The molecule has 102 valence electrons. The minimum atomic E-state index is -0.202. The number of aliphatic imine (C=N–C) groups is 1. The van der Waals surface area contributed by atoms with Crippen LogP contribution in [-0.4, -0.2) is 31.6 Å². The number of ketones is 1. The average Bonchev–Trinajstić information content (AvgIpc) is 2.39. The van der Waals surface area contributed by atoms with Crippen molar-refractivity contribution in [3.63, 3.8) is 0 Å². The maximum atomic E-state index is 11.3. The molecule has 1 aromatic rings. The summed E-state index contributed by atoms with van der Waals surface area (Å²) in [5.41, 5.74) is 2.01. The second kappa shape index (κ2) is 7.46. The van der Waals surface area contributed by atoms with Crippen molar-refractivity contribution >= 4 is 18.0 Å². The van der Waals surface area contributed by atoms with Crippen LogP contribution in [0.1, 0.15) is 25.0 Å². The van der Waals surface area contributed by atoms with Gasteiger partial charge in [0.25, 0.3) is 0 Å². The summed E-state index contributed by atoms with van der Waals surface area (Å²) in [6.07, 6.45) is 2.33. The number of carbonyl (C=O) groups excluding carboxylic acids is 2. The van der Waals surface area contributed by atoms with Crippen LogP contribution in [0.4, 0.5) is 0 Å². The third-order valence-electron chi connectivity index (χ3n) is 2.68. The van der Waals surface area contributed by atoms with E-state index in [2.05, 4.69) is 4.99 Å². The maximum absolute atomic E-state index is 11.3. The second-order valence-electron chi connectivity index (χ2n) is 4.54. The molecule has 0 radical (unpaired) electrons. The summed E-state index contributed by atoms with van der Waals surface area (Å²) in [5.74, 6) is -0.311. The van der Waals surface area contributed by atoms with Gasteiger partial charge in [-0.3, -0.25) is 14.6 Å². The highest BCUT2D eigenvalue weighted by Gasteiger charge is 2.13. The molecule has 0 aliphatic carbocycles. The van der Waals surface area contributed by atoms with Crippen LogP contribution in [0.3, 0.4) is 0 Å². The zero-order valence-corrected chi connectivity index (χ0v) is 11.6. The van der Waals surface area contributed by atoms with Gasteiger partial charge in [-0.25, -0.2) is 0 Å². The first-order chi connectivity index (χ1) is 9.02. The number of carbonyl (C=O) groups is 2. The van der Waals surface area contributed by atoms with Gasteiger partial charge >= 0.3 is 5.97 Å². The van der Waals surface area contributed by atoms with Crippen molar-refractivity contribution in [2.45, 2.75) is 20.3 Å². The number of esters is 1. The topological polar surface area (TPSA) is 55.7 Å². The number of hydrogen-bond acceptors (Lipinski definition) is 4. The first kappa shape index (κ1) is 15.1. The normalized spacial score (nSPS) is 12.4. The van der Waals surface area contributed by atoms with Gasteiger partial charge in [-0.15, -0.1) is 0 Å². The molecule has 0 amide bonds. The number of ether oxygens (including phenoxy) is 1. The summed E-state index contributed by atoms with van der Waals surface area (Å²) in [5, 5.41) is 0. The molecule has 0 spiro atoms. The monoisotopic (exact) mass is 261 g/mol. The van der Waals surface area contributed by atoms with Crippen LogP contribution in [0.2, 0.25) is 0 Å². The van der Waals surface area contributed by atoms with Crippen LogP contribution in [0.15, 0.2) is 29.3 Å². The number of rotatable bonds is 6. The number of Topliss-reactive ketones (excluding diaryl/α,β-unsaturated/α-hetero) is 1. The smallest absolute Gasteiger partial charge is 0.308 e. The molecule has 1 unspecified atom stereocenters. The molecule has 0 heterocycles.